The minimum Gasteiger partial charge on any atom is -0.361 e. The molecule has 21 heavy (non-hydrogen) atoms. The molecule has 1 N–H and O–H groups in total. The highest BCUT2D eigenvalue weighted by atomic mass is 32.2. The number of hydrogen-bond donors (Lipinski definition) is 1. The van der Waals surface area contributed by atoms with Crippen molar-refractivity contribution in [3.63, 3.8) is 0 Å². The molecule has 0 saturated carbocycles. The van der Waals surface area contributed by atoms with Crippen LogP contribution in [0.15, 0.2) is 10.6 Å². The first-order chi connectivity index (χ1) is 9.88. The van der Waals surface area contributed by atoms with Crippen molar-refractivity contribution in [3.05, 3.63) is 17.5 Å². The van der Waals surface area contributed by atoms with Gasteiger partial charge in [-0.25, -0.2) is 8.42 Å². The molecule has 1 atom stereocenters. The summed E-state index contributed by atoms with van der Waals surface area (Å²) < 4.78 is 31.8. The molecule has 2 rings (SSSR count). The van der Waals surface area contributed by atoms with Gasteiger partial charge in [-0.15, -0.1) is 0 Å². The zero-order valence-corrected chi connectivity index (χ0v) is 13.8. The number of aromatic nitrogens is 1. The van der Waals surface area contributed by atoms with E-state index in [4.69, 9.17) is 4.52 Å². The summed E-state index contributed by atoms with van der Waals surface area (Å²) in [7, 11) is -3.39. The SMILES string of the molecule is Cc1cc(CS(=O)(=O)N(CC2CCCCN2)C(C)C)no1. The minimum atomic E-state index is -3.39. The number of nitrogens with one attached hydrogen (secondary N) is 1. The van der Waals surface area contributed by atoms with Crippen LogP contribution >= 0.6 is 0 Å². The van der Waals surface area contributed by atoms with Gasteiger partial charge < -0.3 is 9.84 Å². The van der Waals surface area contributed by atoms with E-state index in [1.54, 1.807) is 17.3 Å². The Balaban J connectivity index is 2.08. The summed E-state index contributed by atoms with van der Waals surface area (Å²) in [6.45, 7) is 7.08. The summed E-state index contributed by atoms with van der Waals surface area (Å²) in [6.07, 6.45) is 3.36. The van der Waals surface area contributed by atoms with Gasteiger partial charge in [0.2, 0.25) is 10.0 Å². The first-order valence-corrected chi connectivity index (χ1v) is 9.14. The third kappa shape index (κ3) is 4.52. The Hall–Kier alpha value is -0.920. The molecule has 7 heteroatoms. The largest absolute Gasteiger partial charge is 0.361 e. The van der Waals surface area contributed by atoms with E-state index in [0.29, 0.717) is 18.0 Å². The Kier molecular flexibility index (Phi) is 5.40. The van der Waals surface area contributed by atoms with Gasteiger partial charge in [0.15, 0.2) is 0 Å². The molecule has 0 bridgehead atoms. The molecule has 120 valence electrons. The van der Waals surface area contributed by atoms with Crippen LogP contribution < -0.4 is 5.32 Å². The van der Waals surface area contributed by atoms with E-state index in [0.717, 1.165) is 19.4 Å². The molecule has 1 aromatic rings. The lowest BCUT2D eigenvalue weighted by Gasteiger charge is -2.32. The van der Waals surface area contributed by atoms with Gasteiger partial charge in [0.25, 0.3) is 0 Å². The number of sulfonamides is 1. The van der Waals surface area contributed by atoms with Gasteiger partial charge in [-0.2, -0.15) is 4.31 Å². The number of rotatable bonds is 6. The molecule has 2 heterocycles. The van der Waals surface area contributed by atoms with E-state index in [1.807, 2.05) is 13.8 Å². The van der Waals surface area contributed by atoms with Gasteiger partial charge in [-0.3, -0.25) is 0 Å². The maximum Gasteiger partial charge on any atom is 0.220 e. The first-order valence-electron chi connectivity index (χ1n) is 7.53. The van der Waals surface area contributed by atoms with Crippen LogP contribution in [0.5, 0.6) is 0 Å². The van der Waals surface area contributed by atoms with E-state index < -0.39 is 10.0 Å². The van der Waals surface area contributed by atoms with E-state index in [2.05, 4.69) is 10.5 Å². The second kappa shape index (κ2) is 6.89. The van der Waals surface area contributed by atoms with Crippen molar-refractivity contribution in [2.75, 3.05) is 13.1 Å². The van der Waals surface area contributed by atoms with E-state index in [9.17, 15) is 8.42 Å². The molecule has 1 aliphatic heterocycles. The molecule has 1 fully saturated rings. The lowest BCUT2D eigenvalue weighted by atomic mass is 10.1. The normalized spacial score (nSPS) is 20.3. The van der Waals surface area contributed by atoms with Crippen LogP contribution in [-0.2, 0) is 15.8 Å². The molecule has 1 saturated heterocycles. The Bertz CT molecular complexity index is 548. The van der Waals surface area contributed by atoms with Crippen LogP contribution in [0.25, 0.3) is 0 Å². The summed E-state index contributed by atoms with van der Waals surface area (Å²) in [5, 5.41) is 7.20. The van der Waals surface area contributed by atoms with Crippen LogP contribution in [0, 0.1) is 6.92 Å². The fraction of sp³-hybridized carbons (Fsp3) is 0.786. The Morgan fingerprint density at radius 3 is 2.76 bits per heavy atom. The van der Waals surface area contributed by atoms with Crippen LogP contribution in [0.4, 0.5) is 0 Å². The highest BCUT2D eigenvalue weighted by Crippen LogP contribution is 2.17. The molecule has 0 radical (unpaired) electrons. The van der Waals surface area contributed by atoms with Crippen LogP contribution in [-0.4, -0.2) is 43.1 Å². The fourth-order valence-electron chi connectivity index (χ4n) is 2.70. The molecular formula is C14H25N3O3S. The van der Waals surface area contributed by atoms with Crippen LogP contribution in [0.3, 0.4) is 0 Å². The third-order valence-electron chi connectivity index (χ3n) is 3.75. The summed E-state index contributed by atoms with van der Waals surface area (Å²) in [4.78, 5) is 0. The highest BCUT2D eigenvalue weighted by Gasteiger charge is 2.29. The summed E-state index contributed by atoms with van der Waals surface area (Å²) in [6, 6.07) is 1.86. The molecule has 0 spiro atoms. The van der Waals surface area contributed by atoms with E-state index >= 15 is 0 Å². The van der Waals surface area contributed by atoms with Crippen LogP contribution in [0.2, 0.25) is 0 Å². The molecular weight excluding hydrogens is 290 g/mol. The maximum absolute atomic E-state index is 12.6. The van der Waals surface area contributed by atoms with Crippen molar-refractivity contribution < 1.29 is 12.9 Å². The summed E-state index contributed by atoms with van der Waals surface area (Å²) >= 11 is 0. The smallest absolute Gasteiger partial charge is 0.220 e. The minimum absolute atomic E-state index is 0.0632. The van der Waals surface area contributed by atoms with Crippen molar-refractivity contribution in [1.29, 1.82) is 0 Å². The third-order valence-corrected chi connectivity index (χ3v) is 5.70. The number of aryl methyl sites for hydroxylation is 1. The van der Waals surface area contributed by atoms with Crippen molar-refractivity contribution >= 4 is 10.0 Å². The zero-order chi connectivity index (χ0) is 15.5. The summed E-state index contributed by atoms with van der Waals surface area (Å²) in [5.74, 6) is 0.528. The van der Waals surface area contributed by atoms with E-state index in [1.165, 1.54) is 6.42 Å². The summed E-state index contributed by atoms with van der Waals surface area (Å²) in [5.41, 5.74) is 0.467. The molecule has 6 nitrogen and oxygen atoms in total. The molecule has 0 aliphatic carbocycles. The second-order valence-corrected chi connectivity index (χ2v) is 7.92. The van der Waals surface area contributed by atoms with Gasteiger partial charge in [-0.05, 0) is 40.2 Å². The maximum atomic E-state index is 12.6. The quantitative estimate of drug-likeness (QED) is 0.864. The van der Waals surface area contributed by atoms with Gasteiger partial charge in [0.05, 0.1) is 0 Å². The van der Waals surface area contributed by atoms with Crippen molar-refractivity contribution in [1.82, 2.24) is 14.8 Å². The zero-order valence-electron chi connectivity index (χ0n) is 13.0. The standard InChI is InChI=1S/C14H25N3O3S/c1-11(2)17(9-13-6-4-5-7-15-13)21(18,19)10-14-8-12(3)20-16-14/h8,11,13,15H,4-7,9-10H2,1-3H3. The van der Waals surface area contributed by atoms with Gasteiger partial charge in [0, 0.05) is 24.7 Å². The van der Waals surface area contributed by atoms with Crippen molar-refractivity contribution in [3.8, 4) is 0 Å². The topological polar surface area (TPSA) is 75.4 Å². The van der Waals surface area contributed by atoms with Crippen LogP contribution in [0.1, 0.15) is 44.6 Å². The van der Waals surface area contributed by atoms with Gasteiger partial charge in [0.1, 0.15) is 17.2 Å². The molecule has 1 aliphatic rings. The molecule has 0 aromatic carbocycles. The Morgan fingerprint density at radius 2 is 2.24 bits per heavy atom. The predicted octanol–water partition coefficient (Wildman–Crippen LogP) is 1.67. The van der Waals surface area contributed by atoms with Crippen molar-refractivity contribution in [2.45, 2.75) is 57.9 Å². The number of nitrogens with zero attached hydrogens (tertiary/aromatic N) is 2. The Labute approximate surface area is 126 Å². The molecule has 1 unspecified atom stereocenters. The van der Waals surface area contributed by atoms with Gasteiger partial charge in [-0.1, -0.05) is 11.6 Å². The second-order valence-electron chi connectivity index (χ2n) is 6.00. The monoisotopic (exact) mass is 315 g/mol. The number of piperidine rings is 1. The first kappa shape index (κ1) is 16.5. The lowest BCUT2D eigenvalue weighted by Crippen LogP contribution is -2.48. The predicted molar refractivity (Wildman–Crippen MR) is 81.3 cm³/mol. The number of hydrogen-bond acceptors (Lipinski definition) is 5. The highest BCUT2D eigenvalue weighted by molar-refractivity contribution is 7.88. The molecule has 1 aromatic heterocycles. The lowest BCUT2D eigenvalue weighted by molar-refractivity contribution is 0.282. The fourth-order valence-corrected chi connectivity index (χ4v) is 4.42. The molecule has 0 amide bonds. The van der Waals surface area contributed by atoms with E-state index in [-0.39, 0.29) is 17.8 Å². The average Bonchev–Trinajstić information content (AvgIpc) is 2.81. The average molecular weight is 315 g/mol. The van der Waals surface area contributed by atoms with Gasteiger partial charge >= 0.3 is 0 Å². The Morgan fingerprint density at radius 1 is 1.48 bits per heavy atom. The van der Waals surface area contributed by atoms with Crippen molar-refractivity contribution in [2.24, 2.45) is 0 Å².